The molecule has 1 aromatic rings. The van der Waals surface area contributed by atoms with E-state index < -0.39 is 4.92 Å². The smallest absolute Gasteiger partial charge is 0.288 e. The lowest BCUT2D eigenvalue weighted by atomic mass is 10.1. The van der Waals surface area contributed by atoms with E-state index in [-0.39, 0.29) is 16.8 Å². The maximum atomic E-state index is 10.7. The molecule has 1 atom stereocenters. The molecule has 0 heterocycles. The Morgan fingerprint density at radius 1 is 1.59 bits per heavy atom. The van der Waals surface area contributed by atoms with Crippen molar-refractivity contribution in [1.82, 2.24) is 0 Å². The number of benzene rings is 1. The van der Waals surface area contributed by atoms with Crippen LogP contribution in [0.2, 0.25) is 5.02 Å². The van der Waals surface area contributed by atoms with Gasteiger partial charge < -0.3 is 11.1 Å². The van der Waals surface area contributed by atoms with E-state index in [0.29, 0.717) is 6.54 Å². The fraction of sp³-hybridized carbons (Fsp3) is 0.455. The molecule has 5 nitrogen and oxygen atoms in total. The summed E-state index contributed by atoms with van der Waals surface area (Å²) in [4.78, 5) is 10.2. The van der Waals surface area contributed by atoms with Crippen molar-refractivity contribution >= 4 is 23.0 Å². The second kappa shape index (κ2) is 5.84. The molecule has 0 fully saturated rings. The lowest BCUT2D eigenvalue weighted by molar-refractivity contribution is -0.384. The van der Waals surface area contributed by atoms with Crippen LogP contribution in [0.1, 0.15) is 18.9 Å². The Morgan fingerprint density at radius 3 is 2.76 bits per heavy atom. The number of aryl methyl sites for hydroxylation is 1. The fourth-order valence-electron chi connectivity index (χ4n) is 1.38. The van der Waals surface area contributed by atoms with Gasteiger partial charge >= 0.3 is 0 Å². The van der Waals surface area contributed by atoms with Crippen molar-refractivity contribution in [2.75, 3.05) is 11.9 Å². The third-order valence-electron chi connectivity index (χ3n) is 2.57. The van der Waals surface area contributed by atoms with Gasteiger partial charge in [0.05, 0.1) is 4.92 Å². The van der Waals surface area contributed by atoms with Gasteiger partial charge in [0, 0.05) is 24.3 Å². The zero-order valence-electron chi connectivity index (χ0n) is 9.87. The second-order valence-corrected chi connectivity index (χ2v) is 4.33. The van der Waals surface area contributed by atoms with Crippen molar-refractivity contribution in [2.24, 2.45) is 5.73 Å². The Bertz CT molecular complexity index is 423. The molecular weight excluding hydrogens is 242 g/mol. The molecule has 1 unspecified atom stereocenters. The molecule has 3 N–H and O–H groups in total. The molecule has 0 bridgehead atoms. The number of nitro benzene ring substituents is 1. The Balaban J connectivity index is 2.88. The average molecular weight is 258 g/mol. The van der Waals surface area contributed by atoms with E-state index in [1.54, 1.807) is 13.0 Å². The Labute approximate surface area is 105 Å². The van der Waals surface area contributed by atoms with E-state index >= 15 is 0 Å². The second-order valence-electron chi connectivity index (χ2n) is 3.92. The summed E-state index contributed by atoms with van der Waals surface area (Å²) in [6, 6.07) is 3.09. The van der Waals surface area contributed by atoms with Crippen LogP contribution in [0.4, 0.5) is 11.4 Å². The van der Waals surface area contributed by atoms with Crippen molar-refractivity contribution in [3.05, 3.63) is 32.8 Å². The van der Waals surface area contributed by atoms with Crippen LogP contribution >= 0.6 is 11.6 Å². The number of nitro groups is 1. The van der Waals surface area contributed by atoms with Crippen molar-refractivity contribution < 1.29 is 4.92 Å². The van der Waals surface area contributed by atoms with E-state index in [9.17, 15) is 10.1 Å². The molecule has 0 amide bonds. The van der Waals surface area contributed by atoms with Gasteiger partial charge in [-0.2, -0.15) is 0 Å². The first-order valence-corrected chi connectivity index (χ1v) is 5.77. The monoisotopic (exact) mass is 257 g/mol. The van der Waals surface area contributed by atoms with Gasteiger partial charge in [-0.1, -0.05) is 18.5 Å². The van der Waals surface area contributed by atoms with Crippen LogP contribution in [0.3, 0.4) is 0 Å². The van der Waals surface area contributed by atoms with E-state index in [4.69, 9.17) is 17.3 Å². The summed E-state index contributed by atoms with van der Waals surface area (Å²) in [7, 11) is 0. The molecule has 1 rings (SSSR count). The number of anilines is 1. The first-order chi connectivity index (χ1) is 7.95. The number of hydrogen-bond donors (Lipinski definition) is 2. The summed E-state index contributed by atoms with van der Waals surface area (Å²) < 4.78 is 0. The van der Waals surface area contributed by atoms with Gasteiger partial charge in [0.15, 0.2) is 0 Å². The van der Waals surface area contributed by atoms with Gasteiger partial charge in [0.25, 0.3) is 5.69 Å². The standard InChI is InChI=1S/C11H16ClN3O2/c1-3-8(13)6-14-10-5-9(12)11(15(16)17)4-7(10)2/h4-5,8,14H,3,6,13H2,1-2H3. The summed E-state index contributed by atoms with van der Waals surface area (Å²) in [6.45, 7) is 4.41. The van der Waals surface area contributed by atoms with Gasteiger partial charge in [-0.25, -0.2) is 0 Å². The van der Waals surface area contributed by atoms with Crippen LogP contribution in [0.15, 0.2) is 12.1 Å². The Morgan fingerprint density at radius 2 is 2.24 bits per heavy atom. The number of halogens is 1. The maximum Gasteiger partial charge on any atom is 0.288 e. The van der Waals surface area contributed by atoms with Gasteiger partial charge in [-0.3, -0.25) is 10.1 Å². The number of rotatable bonds is 5. The molecule has 6 heteroatoms. The van der Waals surface area contributed by atoms with Gasteiger partial charge in [-0.05, 0) is 25.0 Å². The molecule has 0 spiro atoms. The topological polar surface area (TPSA) is 81.2 Å². The predicted molar refractivity (Wildman–Crippen MR) is 69.6 cm³/mol. The minimum atomic E-state index is -0.489. The summed E-state index contributed by atoms with van der Waals surface area (Å²) >= 11 is 5.83. The van der Waals surface area contributed by atoms with Gasteiger partial charge in [-0.15, -0.1) is 0 Å². The van der Waals surface area contributed by atoms with E-state index in [1.807, 2.05) is 6.92 Å². The van der Waals surface area contributed by atoms with E-state index in [2.05, 4.69) is 5.32 Å². The number of nitrogens with zero attached hydrogens (tertiary/aromatic N) is 1. The third-order valence-corrected chi connectivity index (χ3v) is 2.87. The van der Waals surface area contributed by atoms with Crippen LogP contribution in [-0.4, -0.2) is 17.5 Å². The number of nitrogens with one attached hydrogen (secondary N) is 1. The average Bonchev–Trinajstić information content (AvgIpc) is 2.28. The van der Waals surface area contributed by atoms with Crippen LogP contribution in [0.25, 0.3) is 0 Å². The van der Waals surface area contributed by atoms with Gasteiger partial charge in [0.1, 0.15) is 5.02 Å². The van der Waals surface area contributed by atoms with Crippen molar-refractivity contribution in [2.45, 2.75) is 26.3 Å². The van der Waals surface area contributed by atoms with Crippen LogP contribution in [-0.2, 0) is 0 Å². The minimum absolute atomic E-state index is 0.0587. The van der Waals surface area contributed by atoms with Crippen molar-refractivity contribution in [1.29, 1.82) is 0 Å². The Hall–Kier alpha value is -1.33. The largest absolute Gasteiger partial charge is 0.383 e. The minimum Gasteiger partial charge on any atom is -0.383 e. The summed E-state index contributed by atoms with van der Waals surface area (Å²) in [5.41, 5.74) is 7.27. The van der Waals surface area contributed by atoms with Gasteiger partial charge in [0.2, 0.25) is 0 Å². The lowest BCUT2D eigenvalue weighted by Gasteiger charge is -2.13. The molecular formula is C11H16ClN3O2. The molecule has 0 aliphatic rings. The molecule has 0 aromatic heterocycles. The molecule has 17 heavy (non-hydrogen) atoms. The molecule has 0 aliphatic carbocycles. The first-order valence-electron chi connectivity index (χ1n) is 5.39. The van der Waals surface area contributed by atoms with Crippen LogP contribution < -0.4 is 11.1 Å². The molecule has 0 saturated heterocycles. The zero-order valence-corrected chi connectivity index (χ0v) is 10.6. The number of hydrogen-bond acceptors (Lipinski definition) is 4. The highest BCUT2D eigenvalue weighted by Gasteiger charge is 2.15. The van der Waals surface area contributed by atoms with Crippen molar-refractivity contribution in [3.8, 4) is 0 Å². The fourth-order valence-corrected chi connectivity index (χ4v) is 1.61. The normalized spacial score (nSPS) is 12.2. The van der Waals surface area contributed by atoms with Crippen LogP contribution in [0.5, 0.6) is 0 Å². The molecule has 0 radical (unpaired) electrons. The highest BCUT2D eigenvalue weighted by molar-refractivity contribution is 6.33. The lowest BCUT2D eigenvalue weighted by Crippen LogP contribution is -2.28. The van der Waals surface area contributed by atoms with Crippen molar-refractivity contribution in [3.63, 3.8) is 0 Å². The summed E-state index contributed by atoms with van der Waals surface area (Å²) in [5, 5.41) is 13.9. The first kappa shape index (κ1) is 13.7. The SMILES string of the molecule is CCC(N)CNc1cc(Cl)c([N+](=O)[O-])cc1C. The predicted octanol–water partition coefficient (Wildman–Crippen LogP) is 2.71. The number of nitrogens with two attached hydrogens (primary N) is 1. The zero-order chi connectivity index (χ0) is 13.0. The summed E-state index contributed by atoms with van der Waals surface area (Å²) in [5.74, 6) is 0. The molecule has 0 saturated carbocycles. The van der Waals surface area contributed by atoms with Crippen LogP contribution in [0, 0.1) is 17.0 Å². The Kier molecular flexibility index (Phi) is 4.72. The highest BCUT2D eigenvalue weighted by Crippen LogP contribution is 2.30. The molecule has 94 valence electrons. The maximum absolute atomic E-state index is 10.7. The third kappa shape index (κ3) is 3.57. The molecule has 1 aromatic carbocycles. The van der Waals surface area contributed by atoms with E-state index in [0.717, 1.165) is 17.7 Å². The molecule has 0 aliphatic heterocycles. The summed E-state index contributed by atoms with van der Waals surface area (Å²) in [6.07, 6.45) is 0.868. The van der Waals surface area contributed by atoms with E-state index in [1.165, 1.54) is 6.07 Å². The highest BCUT2D eigenvalue weighted by atomic mass is 35.5. The quantitative estimate of drug-likeness (QED) is 0.628.